The Labute approximate surface area is 125 Å². The highest BCUT2D eigenvalue weighted by atomic mass is 14.9. The van der Waals surface area contributed by atoms with Crippen molar-refractivity contribution in [3.63, 3.8) is 0 Å². The van der Waals surface area contributed by atoms with Crippen LogP contribution in [0.5, 0.6) is 0 Å². The van der Waals surface area contributed by atoms with Gasteiger partial charge in [-0.15, -0.1) is 0 Å². The van der Waals surface area contributed by atoms with Gasteiger partial charge < -0.3 is 5.32 Å². The Hall–Kier alpha value is -0.820. The fourth-order valence-electron chi connectivity index (χ4n) is 3.89. The summed E-state index contributed by atoms with van der Waals surface area (Å²) in [6.45, 7) is 4.59. The quantitative estimate of drug-likeness (QED) is 0.790. The van der Waals surface area contributed by atoms with Crippen LogP contribution in [0.3, 0.4) is 0 Å². The van der Waals surface area contributed by atoms with Crippen LogP contribution in [0.15, 0.2) is 24.3 Å². The third-order valence-corrected chi connectivity index (χ3v) is 5.33. The van der Waals surface area contributed by atoms with Crippen LogP contribution in [0.4, 0.5) is 0 Å². The zero-order chi connectivity index (χ0) is 14.4. The largest absolute Gasteiger partial charge is 0.317 e. The van der Waals surface area contributed by atoms with Crippen LogP contribution in [0.1, 0.15) is 56.6 Å². The van der Waals surface area contributed by atoms with Crippen molar-refractivity contribution in [3.8, 4) is 0 Å². The Balaban J connectivity index is 1.90. The molecule has 1 saturated carbocycles. The van der Waals surface area contributed by atoms with Crippen LogP contribution < -0.4 is 5.32 Å². The van der Waals surface area contributed by atoms with Crippen molar-refractivity contribution in [2.75, 3.05) is 7.05 Å². The number of aryl methyl sites for hydroxylation is 2. The van der Waals surface area contributed by atoms with Crippen LogP contribution in [-0.2, 0) is 6.42 Å². The van der Waals surface area contributed by atoms with Crippen molar-refractivity contribution in [1.29, 1.82) is 0 Å². The lowest BCUT2D eigenvalue weighted by Crippen LogP contribution is -2.36. The number of hydrogen-bond donors (Lipinski definition) is 1. The molecule has 112 valence electrons. The second-order valence-electron chi connectivity index (χ2n) is 6.56. The van der Waals surface area contributed by atoms with Crippen molar-refractivity contribution in [2.24, 2.45) is 11.8 Å². The minimum Gasteiger partial charge on any atom is -0.317 e. The van der Waals surface area contributed by atoms with Crippen LogP contribution in [0, 0.1) is 18.8 Å². The lowest BCUT2D eigenvalue weighted by Gasteiger charge is -2.34. The molecule has 0 heterocycles. The van der Waals surface area contributed by atoms with E-state index >= 15 is 0 Å². The van der Waals surface area contributed by atoms with Gasteiger partial charge in [0.05, 0.1) is 0 Å². The van der Waals surface area contributed by atoms with Gasteiger partial charge >= 0.3 is 0 Å². The lowest BCUT2D eigenvalue weighted by atomic mass is 9.75. The normalized spacial score (nSPS) is 24.6. The molecule has 1 aliphatic rings. The topological polar surface area (TPSA) is 12.0 Å². The third-order valence-electron chi connectivity index (χ3n) is 5.33. The van der Waals surface area contributed by atoms with Gasteiger partial charge in [-0.25, -0.2) is 0 Å². The molecule has 0 saturated heterocycles. The van der Waals surface area contributed by atoms with Gasteiger partial charge in [-0.3, -0.25) is 0 Å². The molecule has 1 N–H and O–H groups in total. The van der Waals surface area contributed by atoms with Gasteiger partial charge in [-0.05, 0) is 62.6 Å². The summed E-state index contributed by atoms with van der Waals surface area (Å²) in [6, 6.07) is 9.53. The number of rotatable bonds is 6. The summed E-state index contributed by atoms with van der Waals surface area (Å²) in [4.78, 5) is 0. The van der Waals surface area contributed by atoms with Crippen LogP contribution >= 0.6 is 0 Å². The van der Waals surface area contributed by atoms with E-state index in [1.54, 1.807) is 0 Å². The molecule has 0 aliphatic heterocycles. The Kier molecular flexibility index (Phi) is 6.09. The second kappa shape index (κ2) is 7.83. The number of nitrogens with one attached hydrogen (secondary N) is 1. The van der Waals surface area contributed by atoms with Crippen molar-refractivity contribution in [2.45, 2.75) is 64.8 Å². The minimum absolute atomic E-state index is 0.698. The highest BCUT2D eigenvalue weighted by Gasteiger charge is 2.26. The summed E-state index contributed by atoms with van der Waals surface area (Å²) in [5.41, 5.74) is 2.97. The van der Waals surface area contributed by atoms with E-state index in [0.717, 1.165) is 11.8 Å². The van der Waals surface area contributed by atoms with Crippen molar-refractivity contribution >= 4 is 0 Å². The van der Waals surface area contributed by atoms with Crippen LogP contribution in [-0.4, -0.2) is 13.1 Å². The molecule has 0 aromatic heterocycles. The SMILES string of the molecule is CCC1CCCC(C(CCc2ccccc2C)NC)C1. The molecule has 0 radical (unpaired) electrons. The molecule has 2 rings (SSSR count). The van der Waals surface area contributed by atoms with Crippen LogP contribution in [0.25, 0.3) is 0 Å². The van der Waals surface area contributed by atoms with Gasteiger partial charge in [0.1, 0.15) is 0 Å². The third kappa shape index (κ3) is 4.09. The Morgan fingerprint density at radius 1 is 1.25 bits per heavy atom. The van der Waals surface area contributed by atoms with Gasteiger partial charge in [-0.1, -0.05) is 50.5 Å². The van der Waals surface area contributed by atoms with Crippen molar-refractivity contribution < 1.29 is 0 Å². The molecule has 1 nitrogen and oxygen atoms in total. The highest BCUT2D eigenvalue weighted by Crippen LogP contribution is 2.34. The van der Waals surface area contributed by atoms with E-state index in [2.05, 4.69) is 50.5 Å². The van der Waals surface area contributed by atoms with Gasteiger partial charge in [0, 0.05) is 6.04 Å². The summed E-state index contributed by atoms with van der Waals surface area (Å²) in [5, 5.41) is 3.61. The van der Waals surface area contributed by atoms with E-state index in [1.165, 1.54) is 56.1 Å². The Morgan fingerprint density at radius 3 is 2.75 bits per heavy atom. The van der Waals surface area contributed by atoms with Gasteiger partial charge in [0.2, 0.25) is 0 Å². The first kappa shape index (κ1) is 15.6. The highest BCUT2D eigenvalue weighted by molar-refractivity contribution is 5.25. The molecule has 20 heavy (non-hydrogen) atoms. The molecule has 0 amide bonds. The average Bonchev–Trinajstić information content (AvgIpc) is 2.50. The molecule has 1 heteroatoms. The molecule has 1 aromatic carbocycles. The summed E-state index contributed by atoms with van der Waals surface area (Å²) >= 11 is 0. The molecule has 3 unspecified atom stereocenters. The first-order valence-corrected chi connectivity index (χ1v) is 8.46. The summed E-state index contributed by atoms with van der Waals surface area (Å²) < 4.78 is 0. The first-order valence-electron chi connectivity index (χ1n) is 8.46. The fourth-order valence-corrected chi connectivity index (χ4v) is 3.89. The summed E-state index contributed by atoms with van der Waals surface area (Å²) in [6.07, 6.45) is 9.62. The molecule has 0 bridgehead atoms. The van der Waals surface area contributed by atoms with E-state index in [9.17, 15) is 0 Å². The molecule has 1 fully saturated rings. The van der Waals surface area contributed by atoms with E-state index in [-0.39, 0.29) is 0 Å². The first-order chi connectivity index (χ1) is 9.74. The molecule has 0 spiro atoms. The lowest BCUT2D eigenvalue weighted by molar-refractivity contribution is 0.207. The van der Waals surface area contributed by atoms with Gasteiger partial charge in [0.15, 0.2) is 0 Å². The van der Waals surface area contributed by atoms with E-state index in [1.807, 2.05) is 0 Å². The molecule has 3 atom stereocenters. The maximum Gasteiger partial charge on any atom is 0.00955 e. The Morgan fingerprint density at radius 2 is 2.05 bits per heavy atom. The predicted octanol–water partition coefficient (Wildman–Crippen LogP) is 4.73. The van der Waals surface area contributed by atoms with Gasteiger partial charge in [-0.2, -0.15) is 0 Å². The predicted molar refractivity (Wildman–Crippen MR) is 88.1 cm³/mol. The second-order valence-corrected chi connectivity index (χ2v) is 6.56. The van der Waals surface area contributed by atoms with E-state index < -0.39 is 0 Å². The Bertz CT molecular complexity index is 399. The maximum atomic E-state index is 3.61. The van der Waals surface area contributed by atoms with Crippen LogP contribution in [0.2, 0.25) is 0 Å². The van der Waals surface area contributed by atoms with Crippen molar-refractivity contribution in [1.82, 2.24) is 5.32 Å². The van der Waals surface area contributed by atoms with Gasteiger partial charge in [0.25, 0.3) is 0 Å². The summed E-state index contributed by atoms with van der Waals surface area (Å²) in [5.74, 6) is 1.87. The standard InChI is InChI=1S/C19H31N/c1-4-16-9-7-11-18(14-16)19(20-3)13-12-17-10-6-5-8-15(17)2/h5-6,8,10,16,18-20H,4,7,9,11-14H2,1-3H3. The number of benzene rings is 1. The number of hydrogen-bond acceptors (Lipinski definition) is 1. The monoisotopic (exact) mass is 273 g/mol. The molecule has 1 aliphatic carbocycles. The maximum absolute atomic E-state index is 3.61. The van der Waals surface area contributed by atoms with E-state index in [0.29, 0.717) is 6.04 Å². The smallest absolute Gasteiger partial charge is 0.00955 e. The zero-order valence-corrected chi connectivity index (χ0v) is 13.5. The molecule has 1 aromatic rings. The van der Waals surface area contributed by atoms with E-state index in [4.69, 9.17) is 0 Å². The summed E-state index contributed by atoms with van der Waals surface area (Å²) in [7, 11) is 2.15. The average molecular weight is 273 g/mol. The fraction of sp³-hybridized carbons (Fsp3) is 0.684. The molecular weight excluding hydrogens is 242 g/mol. The minimum atomic E-state index is 0.698. The van der Waals surface area contributed by atoms with Crippen molar-refractivity contribution in [3.05, 3.63) is 35.4 Å². The molecular formula is C19H31N. The zero-order valence-electron chi connectivity index (χ0n) is 13.5.